The molecule has 0 aromatic heterocycles. The van der Waals surface area contributed by atoms with Crippen molar-refractivity contribution in [1.82, 2.24) is 5.32 Å². The van der Waals surface area contributed by atoms with E-state index in [0.29, 0.717) is 15.7 Å². The van der Waals surface area contributed by atoms with Gasteiger partial charge in [0.2, 0.25) is 0 Å². The molecule has 1 aliphatic carbocycles. The molecule has 0 saturated heterocycles. The van der Waals surface area contributed by atoms with Crippen LogP contribution >= 0.6 is 23.2 Å². The van der Waals surface area contributed by atoms with Crippen LogP contribution in [0.15, 0.2) is 48.5 Å². The lowest BCUT2D eigenvalue weighted by Crippen LogP contribution is -2.47. The molecule has 1 fully saturated rings. The maximum atomic E-state index is 12.6. The molecule has 0 bridgehead atoms. The van der Waals surface area contributed by atoms with Crippen LogP contribution in [-0.2, 0) is 11.2 Å². The molecule has 1 spiro atoms. The summed E-state index contributed by atoms with van der Waals surface area (Å²) in [6, 6.07) is 13.3. The molecule has 1 amide bonds. The SMILES string of the molecule is O=C(/C=C1\NC2(CCCC2)Cc2ccccc21)Nc1ccc(Cl)cc1Cl. The number of anilines is 1. The van der Waals surface area contributed by atoms with Crippen molar-refractivity contribution in [3.63, 3.8) is 0 Å². The monoisotopic (exact) mass is 386 g/mol. The van der Waals surface area contributed by atoms with Gasteiger partial charge in [0.1, 0.15) is 0 Å². The molecule has 1 aliphatic heterocycles. The number of amides is 1. The zero-order valence-corrected chi connectivity index (χ0v) is 15.8. The van der Waals surface area contributed by atoms with Gasteiger partial charge in [-0.2, -0.15) is 0 Å². The van der Waals surface area contributed by atoms with Crippen molar-refractivity contribution in [3.05, 3.63) is 69.7 Å². The summed E-state index contributed by atoms with van der Waals surface area (Å²) in [7, 11) is 0. The molecule has 0 unspecified atom stereocenters. The number of fused-ring (bicyclic) bond motifs is 1. The highest BCUT2D eigenvalue weighted by Gasteiger charge is 2.38. The molecule has 2 aromatic rings. The molecule has 2 aliphatic rings. The summed E-state index contributed by atoms with van der Waals surface area (Å²) in [6.45, 7) is 0. The summed E-state index contributed by atoms with van der Waals surface area (Å²) < 4.78 is 0. The highest BCUT2D eigenvalue weighted by atomic mass is 35.5. The van der Waals surface area contributed by atoms with Gasteiger partial charge in [-0.15, -0.1) is 0 Å². The van der Waals surface area contributed by atoms with E-state index in [2.05, 4.69) is 28.8 Å². The smallest absolute Gasteiger partial charge is 0.250 e. The molecule has 3 nitrogen and oxygen atoms in total. The molecule has 26 heavy (non-hydrogen) atoms. The fraction of sp³-hybridized carbons (Fsp3) is 0.286. The fourth-order valence-corrected chi connectivity index (χ4v) is 4.51. The molecule has 5 heteroatoms. The van der Waals surface area contributed by atoms with Gasteiger partial charge < -0.3 is 10.6 Å². The molecular formula is C21H20Cl2N2O. The second-order valence-corrected chi connectivity index (χ2v) is 7.96. The van der Waals surface area contributed by atoms with Gasteiger partial charge in [0.15, 0.2) is 0 Å². The van der Waals surface area contributed by atoms with Gasteiger partial charge in [0.05, 0.1) is 10.7 Å². The normalized spacial score (nSPS) is 19.2. The minimum Gasteiger partial charge on any atom is -0.379 e. The number of carbonyl (C=O) groups excluding carboxylic acids is 1. The Kier molecular flexibility index (Phi) is 4.68. The maximum Gasteiger partial charge on any atom is 0.250 e. The van der Waals surface area contributed by atoms with Crippen LogP contribution in [0.2, 0.25) is 10.0 Å². The topological polar surface area (TPSA) is 41.1 Å². The number of hydrogen-bond acceptors (Lipinski definition) is 2. The van der Waals surface area contributed by atoms with Crippen molar-refractivity contribution in [3.8, 4) is 0 Å². The van der Waals surface area contributed by atoms with Gasteiger partial charge in [0, 0.05) is 27.9 Å². The Morgan fingerprint density at radius 3 is 2.65 bits per heavy atom. The van der Waals surface area contributed by atoms with Gasteiger partial charge in [-0.3, -0.25) is 4.79 Å². The average Bonchev–Trinajstić information content (AvgIpc) is 3.05. The molecule has 4 rings (SSSR count). The lowest BCUT2D eigenvalue weighted by molar-refractivity contribution is -0.111. The zero-order chi connectivity index (χ0) is 18.1. The van der Waals surface area contributed by atoms with Gasteiger partial charge in [0.25, 0.3) is 5.91 Å². The van der Waals surface area contributed by atoms with Crippen molar-refractivity contribution in [1.29, 1.82) is 0 Å². The Labute approximate surface area is 163 Å². The van der Waals surface area contributed by atoms with Crippen LogP contribution in [0.25, 0.3) is 5.70 Å². The average molecular weight is 387 g/mol. The Morgan fingerprint density at radius 2 is 1.88 bits per heavy atom. The number of nitrogens with one attached hydrogen (secondary N) is 2. The van der Waals surface area contributed by atoms with Gasteiger partial charge in [-0.1, -0.05) is 60.3 Å². The number of halogens is 2. The van der Waals surface area contributed by atoms with Crippen molar-refractivity contribution < 1.29 is 4.79 Å². The van der Waals surface area contributed by atoms with E-state index in [1.165, 1.54) is 18.4 Å². The van der Waals surface area contributed by atoms with E-state index in [1.54, 1.807) is 24.3 Å². The maximum absolute atomic E-state index is 12.6. The lowest BCUT2D eigenvalue weighted by atomic mass is 9.82. The van der Waals surface area contributed by atoms with Crippen molar-refractivity contribution in [2.24, 2.45) is 0 Å². The highest BCUT2D eigenvalue weighted by molar-refractivity contribution is 6.36. The molecule has 2 aromatic carbocycles. The second-order valence-electron chi connectivity index (χ2n) is 7.12. The van der Waals surface area contributed by atoms with Crippen LogP contribution in [0.3, 0.4) is 0 Å². The predicted molar refractivity (Wildman–Crippen MR) is 108 cm³/mol. The third-order valence-corrected chi connectivity index (χ3v) is 5.81. The summed E-state index contributed by atoms with van der Waals surface area (Å²) in [5.41, 5.74) is 3.92. The molecule has 0 radical (unpaired) electrons. The molecule has 1 heterocycles. The van der Waals surface area contributed by atoms with Gasteiger partial charge in [-0.25, -0.2) is 0 Å². The van der Waals surface area contributed by atoms with Crippen LogP contribution in [0.5, 0.6) is 0 Å². The largest absolute Gasteiger partial charge is 0.379 e. The van der Waals surface area contributed by atoms with Crippen molar-refractivity contribution in [2.45, 2.75) is 37.6 Å². The molecule has 2 N–H and O–H groups in total. The van der Waals surface area contributed by atoms with E-state index in [0.717, 1.165) is 30.5 Å². The summed E-state index contributed by atoms with van der Waals surface area (Å²) >= 11 is 12.1. The molecule has 134 valence electrons. The third kappa shape index (κ3) is 3.46. The second kappa shape index (κ2) is 6.98. The van der Waals surface area contributed by atoms with E-state index in [1.807, 2.05) is 6.07 Å². The Balaban J connectivity index is 1.63. The standard InChI is InChI=1S/C21H20Cl2N2O/c22-15-7-8-18(17(23)11-15)24-20(26)12-19-16-6-2-1-5-14(16)13-21(25-19)9-3-4-10-21/h1-2,5-8,11-12,25H,3-4,9-10,13H2,(H,24,26)/b19-12-. The molecule has 0 atom stereocenters. The summed E-state index contributed by atoms with van der Waals surface area (Å²) in [4.78, 5) is 12.6. The van der Waals surface area contributed by atoms with E-state index < -0.39 is 0 Å². The van der Waals surface area contributed by atoms with Crippen LogP contribution in [0.1, 0.15) is 36.8 Å². The molecule has 1 saturated carbocycles. The van der Waals surface area contributed by atoms with E-state index >= 15 is 0 Å². The fourth-order valence-electron chi connectivity index (χ4n) is 4.06. The first-order chi connectivity index (χ1) is 12.5. The van der Waals surface area contributed by atoms with Crippen LogP contribution in [-0.4, -0.2) is 11.4 Å². The van der Waals surface area contributed by atoms with Gasteiger partial charge >= 0.3 is 0 Å². The highest BCUT2D eigenvalue weighted by Crippen LogP contribution is 2.39. The quantitative estimate of drug-likeness (QED) is 0.675. The van der Waals surface area contributed by atoms with Crippen molar-refractivity contribution in [2.75, 3.05) is 5.32 Å². The lowest BCUT2D eigenvalue weighted by Gasteiger charge is -2.38. The summed E-state index contributed by atoms with van der Waals surface area (Å²) in [5.74, 6) is -0.207. The first kappa shape index (κ1) is 17.4. The van der Waals surface area contributed by atoms with E-state index in [4.69, 9.17) is 23.2 Å². The Bertz CT molecular complexity index is 885. The van der Waals surface area contributed by atoms with Crippen LogP contribution < -0.4 is 10.6 Å². The predicted octanol–water partition coefficient (Wildman–Crippen LogP) is 5.43. The first-order valence-electron chi connectivity index (χ1n) is 8.89. The van der Waals surface area contributed by atoms with Crippen LogP contribution in [0, 0.1) is 0 Å². The number of hydrogen-bond donors (Lipinski definition) is 2. The van der Waals surface area contributed by atoms with E-state index in [9.17, 15) is 4.79 Å². The third-order valence-electron chi connectivity index (χ3n) is 5.26. The number of rotatable bonds is 2. The number of carbonyl (C=O) groups is 1. The molecular weight excluding hydrogens is 367 g/mol. The minimum atomic E-state index is -0.207. The summed E-state index contributed by atoms with van der Waals surface area (Å²) in [5, 5.41) is 7.48. The minimum absolute atomic E-state index is 0.0817. The van der Waals surface area contributed by atoms with E-state index in [-0.39, 0.29) is 11.4 Å². The van der Waals surface area contributed by atoms with Crippen LogP contribution in [0.4, 0.5) is 5.69 Å². The Morgan fingerprint density at radius 1 is 1.12 bits per heavy atom. The Hall–Kier alpha value is -1.97. The zero-order valence-electron chi connectivity index (χ0n) is 14.3. The first-order valence-corrected chi connectivity index (χ1v) is 9.64. The number of benzene rings is 2. The van der Waals surface area contributed by atoms with Crippen molar-refractivity contribution >= 4 is 40.5 Å². The summed E-state index contributed by atoms with van der Waals surface area (Å²) in [6.07, 6.45) is 7.41. The van der Waals surface area contributed by atoms with Gasteiger partial charge in [-0.05, 0) is 43.0 Å².